The van der Waals surface area contributed by atoms with Gasteiger partial charge in [-0.05, 0) is 41.5 Å². The fourth-order valence-electron chi connectivity index (χ4n) is 5.37. The van der Waals surface area contributed by atoms with E-state index in [1.165, 1.54) is 29.2 Å². The van der Waals surface area contributed by atoms with E-state index in [0.29, 0.717) is 13.1 Å². The van der Waals surface area contributed by atoms with Gasteiger partial charge in [0.15, 0.2) is 5.69 Å². The van der Waals surface area contributed by atoms with Crippen molar-refractivity contribution in [1.82, 2.24) is 14.7 Å². The number of fused-ring (bicyclic) bond motifs is 3. The van der Waals surface area contributed by atoms with Crippen LogP contribution in [-0.2, 0) is 17.6 Å². The number of benzene rings is 2. The molecule has 7 nitrogen and oxygen atoms in total. The van der Waals surface area contributed by atoms with E-state index in [4.69, 9.17) is 4.74 Å². The van der Waals surface area contributed by atoms with Gasteiger partial charge in [0.05, 0.1) is 12.2 Å². The van der Waals surface area contributed by atoms with E-state index in [1.54, 1.807) is 9.58 Å². The van der Waals surface area contributed by atoms with Gasteiger partial charge in [-0.3, -0.25) is 19.1 Å². The van der Waals surface area contributed by atoms with Crippen molar-refractivity contribution in [3.63, 3.8) is 0 Å². The Labute approximate surface area is 198 Å². The molecule has 2 heterocycles. The lowest BCUT2D eigenvalue weighted by molar-refractivity contribution is -0.132. The molecule has 34 heavy (non-hydrogen) atoms. The van der Waals surface area contributed by atoms with Crippen LogP contribution in [0.2, 0.25) is 0 Å². The smallest absolute Gasteiger partial charge is 0.308 e. The molecule has 0 bridgehead atoms. The maximum atomic E-state index is 13.5. The van der Waals surface area contributed by atoms with Gasteiger partial charge in [-0.25, -0.2) is 0 Å². The summed E-state index contributed by atoms with van der Waals surface area (Å²) in [6, 6.07) is 16.6. The number of aromatic nitrogens is 2. The first-order chi connectivity index (χ1) is 16.5. The van der Waals surface area contributed by atoms with Gasteiger partial charge in [0.2, 0.25) is 11.2 Å². The van der Waals surface area contributed by atoms with Crippen LogP contribution in [0.5, 0.6) is 5.75 Å². The van der Waals surface area contributed by atoms with Gasteiger partial charge in [-0.1, -0.05) is 55.5 Å². The summed E-state index contributed by atoms with van der Waals surface area (Å²) in [6.45, 7) is 4.22. The number of hydrogen-bond acceptors (Lipinski definition) is 5. The van der Waals surface area contributed by atoms with Crippen LogP contribution in [0.3, 0.4) is 0 Å². The number of amides is 1. The first kappa shape index (κ1) is 22.1. The lowest BCUT2D eigenvalue weighted by Gasteiger charge is -2.39. The summed E-state index contributed by atoms with van der Waals surface area (Å²) in [4.78, 5) is 39.7. The van der Waals surface area contributed by atoms with E-state index in [1.807, 2.05) is 19.1 Å². The number of nitrogens with zero attached hydrogens (tertiary/aromatic N) is 3. The van der Waals surface area contributed by atoms with Crippen molar-refractivity contribution in [1.29, 1.82) is 0 Å². The van der Waals surface area contributed by atoms with Gasteiger partial charge < -0.3 is 9.64 Å². The Bertz CT molecular complexity index is 1280. The molecule has 2 aliphatic rings. The molecule has 0 N–H and O–H groups in total. The molecular formula is C27H27N3O4. The van der Waals surface area contributed by atoms with Gasteiger partial charge in [0.25, 0.3) is 5.91 Å². The molecule has 1 aliphatic carbocycles. The fraction of sp³-hybridized carbons (Fsp3) is 0.333. The normalized spacial score (nSPS) is 17.4. The van der Waals surface area contributed by atoms with Crippen LogP contribution in [-0.4, -0.2) is 39.6 Å². The van der Waals surface area contributed by atoms with Gasteiger partial charge >= 0.3 is 5.97 Å². The van der Waals surface area contributed by atoms with E-state index >= 15 is 0 Å². The SMILES string of the molecule is CCCN1CC(C2c3ccccc3CCc3ccccc32)n2ncc(=O)c(OC(C)=O)c2C1=O. The third-order valence-corrected chi connectivity index (χ3v) is 6.75. The molecule has 5 rings (SSSR count). The van der Waals surface area contributed by atoms with Crippen molar-refractivity contribution in [3.05, 3.63) is 92.9 Å². The molecule has 0 saturated heterocycles. The molecule has 0 spiro atoms. The zero-order chi connectivity index (χ0) is 23.8. The Morgan fingerprint density at radius 1 is 1.03 bits per heavy atom. The average molecular weight is 458 g/mol. The number of ether oxygens (including phenoxy) is 1. The molecule has 3 aromatic rings. The number of hydrogen-bond donors (Lipinski definition) is 0. The molecule has 174 valence electrons. The molecule has 7 heteroatoms. The summed E-state index contributed by atoms with van der Waals surface area (Å²) in [5.74, 6) is -1.31. The van der Waals surface area contributed by atoms with Crippen LogP contribution in [0.1, 0.15) is 65.0 Å². The fourth-order valence-corrected chi connectivity index (χ4v) is 5.37. The Balaban J connectivity index is 1.77. The largest absolute Gasteiger partial charge is 0.420 e. The minimum Gasteiger partial charge on any atom is -0.420 e. The summed E-state index contributed by atoms with van der Waals surface area (Å²) < 4.78 is 6.90. The number of carbonyl (C=O) groups is 2. The van der Waals surface area contributed by atoms with E-state index in [0.717, 1.165) is 25.5 Å². The zero-order valence-electron chi connectivity index (χ0n) is 19.4. The molecule has 1 amide bonds. The summed E-state index contributed by atoms with van der Waals surface area (Å²) in [5, 5.41) is 4.43. The van der Waals surface area contributed by atoms with Gasteiger partial charge in [-0.2, -0.15) is 5.10 Å². The summed E-state index contributed by atoms with van der Waals surface area (Å²) in [7, 11) is 0. The third kappa shape index (κ3) is 3.71. The van der Waals surface area contributed by atoms with E-state index in [9.17, 15) is 14.4 Å². The number of rotatable bonds is 4. The highest BCUT2D eigenvalue weighted by Crippen LogP contribution is 2.43. The summed E-state index contributed by atoms with van der Waals surface area (Å²) >= 11 is 0. The Kier molecular flexibility index (Phi) is 5.77. The van der Waals surface area contributed by atoms with Crippen molar-refractivity contribution in [3.8, 4) is 5.75 Å². The Morgan fingerprint density at radius 2 is 1.65 bits per heavy atom. The average Bonchev–Trinajstić information content (AvgIpc) is 2.99. The van der Waals surface area contributed by atoms with Crippen molar-refractivity contribution in [2.24, 2.45) is 0 Å². The first-order valence-corrected chi connectivity index (χ1v) is 11.7. The predicted molar refractivity (Wildman–Crippen MR) is 127 cm³/mol. The highest BCUT2D eigenvalue weighted by Gasteiger charge is 2.41. The highest BCUT2D eigenvalue weighted by molar-refractivity contribution is 5.96. The van der Waals surface area contributed by atoms with Crippen molar-refractivity contribution in [2.45, 2.75) is 45.1 Å². The lowest BCUT2D eigenvalue weighted by atomic mass is 9.81. The van der Waals surface area contributed by atoms with Crippen LogP contribution in [0, 0.1) is 0 Å². The monoisotopic (exact) mass is 457 g/mol. The number of aryl methyl sites for hydroxylation is 2. The molecule has 1 aliphatic heterocycles. The zero-order valence-corrected chi connectivity index (χ0v) is 19.4. The second kappa shape index (κ2) is 8.89. The minimum absolute atomic E-state index is 0.0478. The van der Waals surface area contributed by atoms with E-state index in [-0.39, 0.29) is 29.3 Å². The molecule has 1 unspecified atom stereocenters. The minimum atomic E-state index is -0.645. The topological polar surface area (TPSA) is 81.5 Å². The van der Waals surface area contributed by atoms with E-state index in [2.05, 4.69) is 41.5 Å². The van der Waals surface area contributed by atoms with Gasteiger partial charge in [0, 0.05) is 25.9 Å². The lowest BCUT2D eigenvalue weighted by Crippen LogP contribution is -2.47. The molecule has 1 aromatic heterocycles. The maximum absolute atomic E-state index is 13.5. The molecule has 0 fully saturated rings. The molecular weight excluding hydrogens is 430 g/mol. The molecule has 0 radical (unpaired) electrons. The van der Waals surface area contributed by atoms with Gasteiger partial charge in [0.1, 0.15) is 0 Å². The summed E-state index contributed by atoms with van der Waals surface area (Å²) in [6.07, 6.45) is 3.77. The summed E-state index contributed by atoms with van der Waals surface area (Å²) in [5.41, 5.74) is 4.41. The van der Waals surface area contributed by atoms with Crippen LogP contribution in [0.4, 0.5) is 0 Å². The van der Waals surface area contributed by atoms with Crippen LogP contribution in [0.15, 0.2) is 59.5 Å². The van der Waals surface area contributed by atoms with Crippen molar-refractivity contribution < 1.29 is 14.3 Å². The predicted octanol–water partition coefficient (Wildman–Crippen LogP) is 3.51. The first-order valence-electron chi connectivity index (χ1n) is 11.7. The second-order valence-electron chi connectivity index (χ2n) is 8.92. The number of carbonyl (C=O) groups excluding carboxylic acids is 2. The quantitative estimate of drug-likeness (QED) is 0.560. The third-order valence-electron chi connectivity index (χ3n) is 6.75. The second-order valence-corrected chi connectivity index (χ2v) is 8.92. The maximum Gasteiger partial charge on any atom is 0.308 e. The number of esters is 1. The van der Waals surface area contributed by atoms with Crippen LogP contribution >= 0.6 is 0 Å². The van der Waals surface area contributed by atoms with Crippen LogP contribution < -0.4 is 10.2 Å². The molecule has 2 aromatic carbocycles. The highest BCUT2D eigenvalue weighted by atomic mass is 16.5. The van der Waals surface area contributed by atoms with Crippen molar-refractivity contribution in [2.75, 3.05) is 13.1 Å². The van der Waals surface area contributed by atoms with Gasteiger partial charge in [-0.15, -0.1) is 0 Å². The Morgan fingerprint density at radius 3 is 2.24 bits per heavy atom. The van der Waals surface area contributed by atoms with E-state index < -0.39 is 11.4 Å². The molecule has 0 saturated carbocycles. The standard InChI is InChI=1S/C27H27N3O4/c1-3-14-29-16-22(30-25(27(29)33)26(34-17(2)31)23(32)15-28-30)24-20-10-6-4-8-18(20)12-13-19-9-5-7-11-21(19)24/h4-11,15,22,24H,3,12-14,16H2,1-2H3. The van der Waals surface area contributed by atoms with Crippen molar-refractivity contribution >= 4 is 11.9 Å². The van der Waals surface area contributed by atoms with Crippen LogP contribution in [0.25, 0.3) is 0 Å². The molecule has 1 atom stereocenters. The Hall–Kier alpha value is -3.74.